The highest BCUT2D eigenvalue weighted by Crippen LogP contribution is 2.22. The van der Waals surface area contributed by atoms with E-state index in [-0.39, 0.29) is 11.9 Å². The number of benzene rings is 1. The Bertz CT molecular complexity index is 539. The molecule has 1 saturated heterocycles. The van der Waals surface area contributed by atoms with Gasteiger partial charge in [0, 0.05) is 0 Å². The van der Waals surface area contributed by atoms with Crippen molar-refractivity contribution in [2.24, 2.45) is 0 Å². The Morgan fingerprint density at radius 2 is 1.91 bits per heavy atom. The minimum Gasteiger partial charge on any atom is -0.444 e. The summed E-state index contributed by atoms with van der Waals surface area (Å²) in [6, 6.07) is 8.74. The number of hydroxylamine groups is 2. The fraction of sp³-hybridized carbons (Fsp3) is 0.500. The smallest absolute Gasteiger partial charge is 0.408 e. The first kappa shape index (κ1) is 16.3. The van der Waals surface area contributed by atoms with E-state index in [1.165, 1.54) is 5.06 Å². The van der Waals surface area contributed by atoms with Crippen molar-refractivity contribution in [2.75, 3.05) is 0 Å². The minimum atomic E-state index is -0.606. The van der Waals surface area contributed by atoms with Gasteiger partial charge in [0.05, 0.1) is 6.04 Å². The summed E-state index contributed by atoms with van der Waals surface area (Å²) in [6.07, 6.45) is -0.597. The molecule has 0 bridgehead atoms. The molecule has 0 aromatic heterocycles. The van der Waals surface area contributed by atoms with Gasteiger partial charge in [0.2, 0.25) is 0 Å². The third-order valence-electron chi connectivity index (χ3n) is 3.22. The predicted octanol–water partition coefficient (Wildman–Crippen LogP) is 2.24. The van der Waals surface area contributed by atoms with Crippen molar-refractivity contribution in [3.05, 3.63) is 35.9 Å². The van der Waals surface area contributed by atoms with Crippen molar-refractivity contribution in [3.63, 3.8) is 0 Å². The van der Waals surface area contributed by atoms with Gasteiger partial charge in [-0.1, -0.05) is 30.3 Å². The normalized spacial score (nSPS) is 21.3. The lowest BCUT2D eigenvalue weighted by molar-refractivity contribution is -0.237. The summed E-state index contributed by atoms with van der Waals surface area (Å²) in [6.45, 7) is 7.44. The number of hydrogen-bond donors (Lipinski definition) is 1. The highest BCUT2D eigenvalue weighted by Gasteiger charge is 2.47. The quantitative estimate of drug-likeness (QED) is 0.866. The van der Waals surface area contributed by atoms with Crippen LogP contribution in [0.3, 0.4) is 0 Å². The molecular weight excluding hydrogens is 284 g/mol. The number of carbonyl (C=O) groups is 2. The van der Waals surface area contributed by atoms with E-state index in [1.54, 1.807) is 20.8 Å². The van der Waals surface area contributed by atoms with Crippen molar-refractivity contribution >= 4 is 12.0 Å². The SMILES string of the molecule is C[C@H]1[C@@H](NC(=O)OC(C)(C)C)C(=O)N1OCc1ccccc1. The number of carbonyl (C=O) groups excluding carboxylic acids is 2. The first-order valence-electron chi connectivity index (χ1n) is 7.27. The maximum absolute atomic E-state index is 12.0. The average Bonchev–Trinajstić information content (AvgIpc) is 2.44. The van der Waals surface area contributed by atoms with Crippen LogP contribution in [0.25, 0.3) is 0 Å². The maximum Gasteiger partial charge on any atom is 0.408 e. The molecule has 0 aliphatic carbocycles. The van der Waals surface area contributed by atoms with E-state index in [2.05, 4.69) is 5.32 Å². The Morgan fingerprint density at radius 3 is 2.45 bits per heavy atom. The zero-order valence-electron chi connectivity index (χ0n) is 13.3. The van der Waals surface area contributed by atoms with Crippen molar-refractivity contribution in [3.8, 4) is 0 Å². The summed E-state index contributed by atoms with van der Waals surface area (Å²) in [5, 5.41) is 3.85. The van der Waals surface area contributed by atoms with E-state index in [9.17, 15) is 9.59 Å². The second-order valence-corrected chi connectivity index (χ2v) is 6.29. The molecule has 1 N–H and O–H groups in total. The van der Waals surface area contributed by atoms with Crippen LogP contribution in [-0.2, 0) is 21.0 Å². The van der Waals surface area contributed by atoms with Crippen LogP contribution in [0.1, 0.15) is 33.3 Å². The molecule has 6 nitrogen and oxygen atoms in total. The molecule has 0 radical (unpaired) electrons. The Morgan fingerprint density at radius 1 is 1.27 bits per heavy atom. The molecule has 0 unspecified atom stereocenters. The molecule has 2 rings (SSSR count). The number of nitrogens with zero attached hydrogens (tertiary/aromatic N) is 1. The molecule has 1 aliphatic rings. The van der Waals surface area contributed by atoms with Crippen molar-refractivity contribution < 1.29 is 19.2 Å². The van der Waals surface area contributed by atoms with Crippen molar-refractivity contribution in [1.82, 2.24) is 10.4 Å². The van der Waals surface area contributed by atoms with Crippen LogP contribution in [0.2, 0.25) is 0 Å². The second-order valence-electron chi connectivity index (χ2n) is 6.29. The number of ether oxygens (including phenoxy) is 1. The largest absolute Gasteiger partial charge is 0.444 e. The summed E-state index contributed by atoms with van der Waals surface area (Å²) < 4.78 is 5.14. The van der Waals surface area contributed by atoms with E-state index >= 15 is 0 Å². The molecule has 0 saturated carbocycles. The number of β-lactam (4-membered cyclic amide) rings is 1. The van der Waals surface area contributed by atoms with Crippen molar-refractivity contribution in [2.45, 2.75) is 52.0 Å². The van der Waals surface area contributed by atoms with Gasteiger partial charge in [0.1, 0.15) is 18.2 Å². The van der Waals surface area contributed by atoms with Gasteiger partial charge >= 0.3 is 6.09 Å². The molecule has 1 aromatic rings. The standard InChI is InChI=1S/C16H22N2O4/c1-11-13(17-15(20)22-16(2,3)4)14(19)18(11)21-10-12-8-6-5-7-9-12/h5-9,11,13H,10H2,1-4H3,(H,17,20)/t11-,13+/m0/s1. The summed E-state index contributed by atoms with van der Waals surface area (Å²) in [4.78, 5) is 29.2. The molecule has 1 aromatic carbocycles. The summed E-state index contributed by atoms with van der Waals surface area (Å²) >= 11 is 0. The van der Waals surface area contributed by atoms with E-state index in [0.717, 1.165) is 5.56 Å². The maximum atomic E-state index is 12.0. The Hall–Kier alpha value is -2.08. The van der Waals surface area contributed by atoms with Gasteiger partial charge in [-0.05, 0) is 33.3 Å². The lowest BCUT2D eigenvalue weighted by Crippen LogP contribution is -2.69. The lowest BCUT2D eigenvalue weighted by Gasteiger charge is -2.43. The number of hydrogen-bond acceptors (Lipinski definition) is 4. The molecular formula is C16H22N2O4. The van der Waals surface area contributed by atoms with Crippen LogP contribution in [-0.4, -0.2) is 34.7 Å². The van der Waals surface area contributed by atoms with Crippen LogP contribution in [0.5, 0.6) is 0 Å². The highest BCUT2D eigenvalue weighted by molar-refractivity contribution is 5.91. The highest BCUT2D eigenvalue weighted by atomic mass is 16.7. The van der Waals surface area contributed by atoms with Gasteiger partial charge in [0.15, 0.2) is 0 Å². The zero-order chi connectivity index (χ0) is 16.3. The number of alkyl carbamates (subject to hydrolysis) is 1. The van der Waals surface area contributed by atoms with Gasteiger partial charge in [-0.3, -0.25) is 9.63 Å². The van der Waals surface area contributed by atoms with Gasteiger partial charge in [-0.25, -0.2) is 9.86 Å². The minimum absolute atomic E-state index is 0.233. The number of nitrogens with one attached hydrogen (secondary N) is 1. The molecule has 1 heterocycles. The van der Waals surface area contributed by atoms with Crippen LogP contribution >= 0.6 is 0 Å². The molecule has 1 fully saturated rings. The fourth-order valence-electron chi connectivity index (χ4n) is 2.11. The van der Waals surface area contributed by atoms with E-state index in [4.69, 9.17) is 9.57 Å². The second kappa shape index (κ2) is 6.36. The van der Waals surface area contributed by atoms with Crippen LogP contribution < -0.4 is 5.32 Å². The molecule has 120 valence electrons. The van der Waals surface area contributed by atoms with Crippen LogP contribution in [0.15, 0.2) is 30.3 Å². The molecule has 6 heteroatoms. The topological polar surface area (TPSA) is 67.9 Å². The molecule has 1 aliphatic heterocycles. The van der Waals surface area contributed by atoms with Gasteiger partial charge in [-0.15, -0.1) is 0 Å². The lowest BCUT2D eigenvalue weighted by atomic mass is 10.0. The monoisotopic (exact) mass is 306 g/mol. The third-order valence-corrected chi connectivity index (χ3v) is 3.22. The van der Waals surface area contributed by atoms with E-state index in [1.807, 2.05) is 37.3 Å². The zero-order valence-corrected chi connectivity index (χ0v) is 13.3. The van der Waals surface area contributed by atoms with E-state index < -0.39 is 17.7 Å². The number of amides is 2. The van der Waals surface area contributed by atoms with Gasteiger partial charge < -0.3 is 10.1 Å². The Balaban J connectivity index is 1.82. The van der Waals surface area contributed by atoms with Crippen LogP contribution in [0.4, 0.5) is 4.79 Å². The predicted molar refractivity (Wildman–Crippen MR) is 80.7 cm³/mol. The van der Waals surface area contributed by atoms with Crippen LogP contribution in [0, 0.1) is 0 Å². The Kier molecular flexibility index (Phi) is 4.71. The first-order chi connectivity index (χ1) is 10.3. The Labute approximate surface area is 130 Å². The van der Waals surface area contributed by atoms with E-state index in [0.29, 0.717) is 6.61 Å². The van der Waals surface area contributed by atoms with Gasteiger partial charge in [0.25, 0.3) is 5.91 Å². The van der Waals surface area contributed by atoms with Crippen molar-refractivity contribution in [1.29, 1.82) is 0 Å². The first-order valence-corrected chi connectivity index (χ1v) is 7.27. The molecule has 2 amide bonds. The fourth-order valence-corrected chi connectivity index (χ4v) is 2.11. The van der Waals surface area contributed by atoms with Gasteiger partial charge in [-0.2, -0.15) is 0 Å². The summed E-state index contributed by atoms with van der Waals surface area (Å²) in [7, 11) is 0. The molecule has 2 atom stereocenters. The summed E-state index contributed by atoms with van der Waals surface area (Å²) in [5.41, 5.74) is 0.384. The molecule has 0 spiro atoms. The third kappa shape index (κ3) is 3.98. The summed E-state index contributed by atoms with van der Waals surface area (Å²) in [5.74, 6) is -0.269. The molecule has 22 heavy (non-hydrogen) atoms. The average molecular weight is 306 g/mol. The number of rotatable bonds is 4.